The first-order valence-electron chi connectivity index (χ1n) is 5.44. The molecule has 3 nitrogen and oxygen atoms in total. The van der Waals surface area contributed by atoms with Gasteiger partial charge in [-0.15, -0.1) is 0 Å². The molecule has 0 aliphatic heterocycles. The molecule has 0 aromatic heterocycles. The molecule has 0 saturated heterocycles. The molecule has 86 valence electrons. The molecule has 2 rings (SSSR count). The van der Waals surface area contributed by atoms with Crippen LogP contribution in [0, 0.1) is 5.92 Å². The fourth-order valence-electron chi connectivity index (χ4n) is 1.77. The third-order valence-electron chi connectivity index (χ3n) is 2.96. The predicted molar refractivity (Wildman–Crippen MR) is 65.5 cm³/mol. The topological polar surface area (TPSA) is 55.1 Å². The SMILES string of the molecule is CC(NC(=O)c1c(N)cccc1Cl)C1CC1. The number of carbonyl (C=O) groups is 1. The molecule has 1 aliphatic carbocycles. The van der Waals surface area contributed by atoms with Crippen molar-refractivity contribution in [2.24, 2.45) is 5.92 Å². The number of hydrogen-bond donors (Lipinski definition) is 2. The molecule has 1 aromatic carbocycles. The third kappa shape index (κ3) is 2.30. The van der Waals surface area contributed by atoms with Gasteiger partial charge in [-0.2, -0.15) is 0 Å². The van der Waals surface area contributed by atoms with E-state index >= 15 is 0 Å². The lowest BCUT2D eigenvalue weighted by Crippen LogP contribution is -2.34. The number of benzene rings is 1. The Balaban J connectivity index is 2.13. The molecule has 4 heteroatoms. The van der Waals surface area contributed by atoms with Crippen LogP contribution in [-0.2, 0) is 0 Å². The van der Waals surface area contributed by atoms with Crippen molar-refractivity contribution in [1.82, 2.24) is 5.32 Å². The molecule has 0 heterocycles. The van der Waals surface area contributed by atoms with Gasteiger partial charge in [0.05, 0.1) is 10.6 Å². The minimum Gasteiger partial charge on any atom is -0.398 e. The van der Waals surface area contributed by atoms with Gasteiger partial charge in [-0.3, -0.25) is 4.79 Å². The summed E-state index contributed by atoms with van der Waals surface area (Å²) < 4.78 is 0. The number of halogens is 1. The van der Waals surface area contributed by atoms with Crippen molar-refractivity contribution in [3.8, 4) is 0 Å². The summed E-state index contributed by atoms with van der Waals surface area (Å²) in [5.74, 6) is 0.440. The van der Waals surface area contributed by atoms with Crippen LogP contribution in [0.25, 0.3) is 0 Å². The van der Waals surface area contributed by atoms with E-state index in [0.717, 1.165) is 0 Å². The fraction of sp³-hybridized carbons (Fsp3) is 0.417. The molecule has 1 amide bonds. The van der Waals surface area contributed by atoms with Gasteiger partial charge >= 0.3 is 0 Å². The van der Waals surface area contributed by atoms with E-state index in [4.69, 9.17) is 17.3 Å². The highest BCUT2D eigenvalue weighted by Crippen LogP contribution is 2.32. The molecule has 0 bridgehead atoms. The summed E-state index contributed by atoms with van der Waals surface area (Å²) in [5, 5.41) is 3.34. The monoisotopic (exact) mass is 238 g/mol. The average molecular weight is 239 g/mol. The van der Waals surface area contributed by atoms with Crippen LogP contribution in [0.4, 0.5) is 5.69 Å². The van der Waals surface area contributed by atoms with Crippen molar-refractivity contribution in [2.75, 3.05) is 5.73 Å². The summed E-state index contributed by atoms with van der Waals surface area (Å²) >= 11 is 5.96. The maximum absolute atomic E-state index is 12.0. The third-order valence-corrected chi connectivity index (χ3v) is 3.28. The van der Waals surface area contributed by atoms with E-state index in [1.807, 2.05) is 6.92 Å². The number of carbonyl (C=O) groups excluding carboxylic acids is 1. The quantitative estimate of drug-likeness (QED) is 0.795. The van der Waals surface area contributed by atoms with Crippen molar-refractivity contribution >= 4 is 23.2 Å². The number of rotatable bonds is 3. The first-order valence-corrected chi connectivity index (χ1v) is 5.82. The lowest BCUT2D eigenvalue weighted by atomic mass is 10.1. The van der Waals surface area contributed by atoms with E-state index < -0.39 is 0 Å². The molecule has 1 atom stereocenters. The van der Waals surface area contributed by atoms with Gasteiger partial charge in [0.2, 0.25) is 0 Å². The van der Waals surface area contributed by atoms with Gasteiger partial charge in [0, 0.05) is 11.7 Å². The minimum atomic E-state index is -0.178. The van der Waals surface area contributed by atoms with Crippen LogP contribution in [0.3, 0.4) is 0 Å². The van der Waals surface area contributed by atoms with Crippen LogP contribution in [0.15, 0.2) is 18.2 Å². The van der Waals surface area contributed by atoms with Crippen molar-refractivity contribution in [3.63, 3.8) is 0 Å². The second kappa shape index (κ2) is 4.34. The van der Waals surface area contributed by atoms with E-state index in [0.29, 0.717) is 22.2 Å². The summed E-state index contributed by atoms with van der Waals surface area (Å²) in [6.07, 6.45) is 2.39. The Labute approximate surface area is 100.0 Å². The maximum Gasteiger partial charge on any atom is 0.255 e. The van der Waals surface area contributed by atoms with Crippen molar-refractivity contribution in [1.29, 1.82) is 0 Å². The number of amides is 1. The Kier molecular flexibility index (Phi) is 3.06. The molecule has 1 aromatic rings. The first-order chi connectivity index (χ1) is 7.59. The van der Waals surface area contributed by atoms with Crippen molar-refractivity contribution in [3.05, 3.63) is 28.8 Å². The second-order valence-electron chi connectivity index (χ2n) is 4.30. The van der Waals surface area contributed by atoms with E-state index in [9.17, 15) is 4.79 Å². The highest BCUT2D eigenvalue weighted by atomic mass is 35.5. The zero-order chi connectivity index (χ0) is 11.7. The summed E-state index contributed by atoms with van der Waals surface area (Å²) in [4.78, 5) is 12.0. The van der Waals surface area contributed by atoms with Crippen LogP contribution in [0.5, 0.6) is 0 Å². The van der Waals surface area contributed by atoms with Gasteiger partial charge in [-0.05, 0) is 37.8 Å². The van der Waals surface area contributed by atoms with E-state index in [-0.39, 0.29) is 11.9 Å². The first kappa shape index (κ1) is 11.3. The average Bonchev–Trinajstić information content (AvgIpc) is 2.99. The maximum atomic E-state index is 12.0. The van der Waals surface area contributed by atoms with Gasteiger partial charge in [0.1, 0.15) is 0 Å². The number of nitrogen functional groups attached to an aromatic ring is 1. The number of nitrogens with two attached hydrogens (primary N) is 1. The Morgan fingerprint density at radius 2 is 2.25 bits per heavy atom. The van der Waals surface area contributed by atoms with Gasteiger partial charge in [-0.25, -0.2) is 0 Å². The van der Waals surface area contributed by atoms with Gasteiger partial charge in [-0.1, -0.05) is 17.7 Å². The molecule has 3 N–H and O–H groups in total. The molecule has 1 fully saturated rings. The largest absolute Gasteiger partial charge is 0.398 e. The molecular weight excluding hydrogens is 224 g/mol. The smallest absolute Gasteiger partial charge is 0.255 e. The van der Waals surface area contributed by atoms with Crippen molar-refractivity contribution in [2.45, 2.75) is 25.8 Å². The summed E-state index contributed by atoms with van der Waals surface area (Å²) in [7, 11) is 0. The number of hydrogen-bond acceptors (Lipinski definition) is 2. The number of anilines is 1. The standard InChI is InChI=1S/C12H15ClN2O/c1-7(8-5-6-8)15-12(16)11-9(13)3-2-4-10(11)14/h2-4,7-8H,5-6,14H2,1H3,(H,15,16). The zero-order valence-corrected chi connectivity index (χ0v) is 9.92. The van der Waals surface area contributed by atoms with Gasteiger partial charge in [0.25, 0.3) is 5.91 Å². The summed E-state index contributed by atoms with van der Waals surface area (Å²) in [5.41, 5.74) is 6.55. The minimum absolute atomic E-state index is 0.178. The molecule has 0 radical (unpaired) electrons. The van der Waals surface area contributed by atoms with Crippen LogP contribution < -0.4 is 11.1 Å². The van der Waals surface area contributed by atoms with Crippen LogP contribution in [-0.4, -0.2) is 11.9 Å². The van der Waals surface area contributed by atoms with Gasteiger partial charge < -0.3 is 11.1 Å². The Morgan fingerprint density at radius 1 is 1.56 bits per heavy atom. The van der Waals surface area contributed by atoms with E-state index in [1.165, 1.54) is 12.8 Å². The highest BCUT2D eigenvalue weighted by Gasteiger charge is 2.29. The highest BCUT2D eigenvalue weighted by molar-refractivity contribution is 6.34. The predicted octanol–water partition coefficient (Wildman–Crippen LogP) is 2.45. The zero-order valence-electron chi connectivity index (χ0n) is 9.16. The second-order valence-corrected chi connectivity index (χ2v) is 4.71. The molecular formula is C12H15ClN2O. The summed E-state index contributed by atoms with van der Waals surface area (Å²) in [6, 6.07) is 5.29. The lowest BCUT2D eigenvalue weighted by molar-refractivity contribution is 0.0937. The molecule has 0 spiro atoms. The lowest BCUT2D eigenvalue weighted by Gasteiger charge is -2.14. The number of nitrogens with one attached hydrogen (secondary N) is 1. The van der Waals surface area contributed by atoms with Gasteiger partial charge in [0.15, 0.2) is 0 Å². The Morgan fingerprint density at radius 3 is 2.81 bits per heavy atom. The normalized spacial score (nSPS) is 16.9. The molecule has 1 aliphatic rings. The molecule has 1 unspecified atom stereocenters. The van der Waals surface area contributed by atoms with Crippen LogP contribution in [0.1, 0.15) is 30.1 Å². The van der Waals surface area contributed by atoms with E-state index in [2.05, 4.69) is 5.32 Å². The Hall–Kier alpha value is -1.22. The fourth-order valence-corrected chi connectivity index (χ4v) is 2.04. The van der Waals surface area contributed by atoms with Crippen LogP contribution in [0.2, 0.25) is 5.02 Å². The van der Waals surface area contributed by atoms with Crippen molar-refractivity contribution < 1.29 is 4.79 Å². The molecule has 1 saturated carbocycles. The van der Waals surface area contributed by atoms with Crippen LogP contribution >= 0.6 is 11.6 Å². The van der Waals surface area contributed by atoms with E-state index in [1.54, 1.807) is 18.2 Å². The summed E-state index contributed by atoms with van der Waals surface area (Å²) in [6.45, 7) is 2.02. The Bertz CT molecular complexity index is 395. The molecule has 16 heavy (non-hydrogen) atoms.